The maximum absolute atomic E-state index is 4.71. The zero-order chi connectivity index (χ0) is 23.9. The SMILES string of the molecule is c1ccc(-c2ccc(-c3cnn(-c4cccc(-n5c6ccccc6c6cccnc65)c4)c3)cc2)cc1. The van der Waals surface area contributed by atoms with E-state index in [0.29, 0.717) is 0 Å². The Hall–Kier alpha value is -4.96. The number of benzene rings is 4. The Kier molecular flexibility index (Phi) is 4.74. The van der Waals surface area contributed by atoms with Crippen LogP contribution in [-0.4, -0.2) is 19.3 Å². The lowest BCUT2D eigenvalue weighted by molar-refractivity contribution is 0.878. The quantitative estimate of drug-likeness (QED) is 0.269. The van der Waals surface area contributed by atoms with E-state index in [2.05, 4.69) is 119 Å². The number of rotatable bonds is 4. The van der Waals surface area contributed by atoms with Crippen LogP contribution in [0.15, 0.2) is 134 Å². The second-order valence-electron chi connectivity index (χ2n) is 8.86. The third-order valence-electron chi connectivity index (χ3n) is 6.69. The number of aromatic nitrogens is 4. The Morgan fingerprint density at radius 1 is 0.528 bits per heavy atom. The number of hydrogen-bond donors (Lipinski definition) is 0. The summed E-state index contributed by atoms with van der Waals surface area (Å²) in [7, 11) is 0. The zero-order valence-electron chi connectivity index (χ0n) is 19.5. The van der Waals surface area contributed by atoms with Gasteiger partial charge in [0.15, 0.2) is 0 Å². The second-order valence-corrected chi connectivity index (χ2v) is 8.86. The van der Waals surface area contributed by atoms with Crippen molar-refractivity contribution in [1.82, 2.24) is 19.3 Å². The zero-order valence-corrected chi connectivity index (χ0v) is 19.5. The van der Waals surface area contributed by atoms with Crippen molar-refractivity contribution < 1.29 is 0 Å². The van der Waals surface area contributed by atoms with Gasteiger partial charge in [0.1, 0.15) is 5.65 Å². The fourth-order valence-electron chi connectivity index (χ4n) is 4.93. The van der Waals surface area contributed by atoms with Gasteiger partial charge in [-0.25, -0.2) is 9.67 Å². The number of hydrogen-bond acceptors (Lipinski definition) is 2. The van der Waals surface area contributed by atoms with Gasteiger partial charge in [0.05, 0.1) is 17.4 Å². The fourth-order valence-corrected chi connectivity index (χ4v) is 4.93. The van der Waals surface area contributed by atoms with Gasteiger partial charge in [-0.3, -0.25) is 4.57 Å². The molecule has 4 aromatic carbocycles. The van der Waals surface area contributed by atoms with Gasteiger partial charge in [0, 0.05) is 34.4 Å². The first kappa shape index (κ1) is 20.4. The molecule has 0 aliphatic carbocycles. The topological polar surface area (TPSA) is 35.6 Å². The Morgan fingerprint density at radius 3 is 2.08 bits per heavy atom. The van der Waals surface area contributed by atoms with Crippen LogP contribution in [0.4, 0.5) is 0 Å². The van der Waals surface area contributed by atoms with Crippen LogP contribution < -0.4 is 0 Å². The number of nitrogens with zero attached hydrogens (tertiary/aromatic N) is 4. The standard InChI is InChI=1S/C32H22N4/c1-2-8-23(9-3-1)24-15-17-25(18-16-24)26-21-34-35(22-26)27-10-6-11-28(20-27)36-31-14-5-4-12-29(31)30-13-7-19-33-32(30)36/h1-22H. The van der Waals surface area contributed by atoms with Crippen LogP contribution in [0.3, 0.4) is 0 Å². The summed E-state index contributed by atoms with van der Waals surface area (Å²) in [4.78, 5) is 4.71. The Morgan fingerprint density at radius 2 is 1.22 bits per heavy atom. The molecule has 4 nitrogen and oxygen atoms in total. The third-order valence-corrected chi connectivity index (χ3v) is 6.69. The van der Waals surface area contributed by atoms with Crippen molar-refractivity contribution >= 4 is 21.9 Å². The van der Waals surface area contributed by atoms with Crippen molar-refractivity contribution in [3.05, 3.63) is 134 Å². The van der Waals surface area contributed by atoms with Gasteiger partial charge >= 0.3 is 0 Å². The number of pyridine rings is 1. The molecule has 0 saturated heterocycles. The molecule has 36 heavy (non-hydrogen) atoms. The van der Waals surface area contributed by atoms with Crippen molar-refractivity contribution in [1.29, 1.82) is 0 Å². The summed E-state index contributed by atoms with van der Waals surface area (Å²) in [5, 5.41) is 7.03. The van der Waals surface area contributed by atoms with Gasteiger partial charge in [-0.15, -0.1) is 0 Å². The first-order valence-corrected chi connectivity index (χ1v) is 12.0. The van der Waals surface area contributed by atoms with Crippen LogP contribution in [0.25, 0.3) is 55.6 Å². The predicted octanol–water partition coefficient (Wildman–Crippen LogP) is 7.70. The summed E-state index contributed by atoms with van der Waals surface area (Å²) in [6, 6.07) is 40.1. The van der Waals surface area contributed by atoms with E-state index in [9.17, 15) is 0 Å². The van der Waals surface area contributed by atoms with Crippen molar-refractivity contribution in [3.63, 3.8) is 0 Å². The summed E-state index contributed by atoms with van der Waals surface area (Å²) in [5.74, 6) is 0. The van der Waals surface area contributed by atoms with E-state index in [1.165, 1.54) is 16.5 Å². The molecule has 0 unspecified atom stereocenters. The van der Waals surface area contributed by atoms with Crippen LogP contribution >= 0.6 is 0 Å². The summed E-state index contributed by atoms with van der Waals surface area (Å²) in [6.07, 6.45) is 5.86. The summed E-state index contributed by atoms with van der Waals surface area (Å²) >= 11 is 0. The fraction of sp³-hybridized carbons (Fsp3) is 0. The molecule has 0 aliphatic heterocycles. The van der Waals surface area contributed by atoms with E-state index in [0.717, 1.165) is 39.1 Å². The lowest BCUT2D eigenvalue weighted by Gasteiger charge is -2.09. The van der Waals surface area contributed by atoms with Crippen LogP contribution in [0.5, 0.6) is 0 Å². The molecule has 0 radical (unpaired) electrons. The summed E-state index contributed by atoms with van der Waals surface area (Å²) < 4.78 is 4.16. The molecule has 3 aromatic heterocycles. The monoisotopic (exact) mass is 462 g/mol. The van der Waals surface area contributed by atoms with Gasteiger partial charge in [-0.1, -0.05) is 78.9 Å². The minimum Gasteiger partial charge on any atom is -0.294 e. The largest absolute Gasteiger partial charge is 0.294 e. The smallest absolute Gasteiger partial charge is 0.145 e. The van der Waals surface area contributed by atoms with E-state index in [1.807, 2.05) is 29.2 Å². The van der Waals surface area contributed by atoms with Crippen LogP contribution in [-0.2, 0) is 0 Å². The average molecular weight is 463 g/mol. The molecule has 0 amide bonds. The lowest BCUT2D eigenvalue weighted by atomic mass is 10.0. The minimum atomic E-state index is 0.954. The van der Waals surface area contributed by atoms with E-state index in [4.69, 9.17) is 4.98 Å². The second kappa shape index (κ2) is 8.36. The van der Waals surface area contributed by atoms with Gasteiger partial charge < -0.3 is 0 Å². The molecule has 0 bridgehead atoms. The van der Waals surface area contributed by atoms with Crippen molar-refractivity contribution in [2.45, 2.75) is 0 Å². The van der Waals surface area contributed by atoms with E-state index in [-0.39, 0.29) is 0 Å². The molecule has 7 rings (SSSR count). The maximum atomic E-state index is 4.71. The van der Waals surface area contributed by atoms with Crippen LogP contribution in [0, 0.1) is 0 Å². The van der Waals surface area contributed by atoms with Crippen molar-refractivity contribution in [2.75, 3.05) is 0 Å². The van der Waals surface area contributed by atoms with Crippen molar-refractivity contribution in [2.24, 2.45) is 0 Å². The molecule has 0 fully saturated rings. The van der Waals surface area contributed by atoms with E-state index < -0.39 is 0 Å². The third kappa shape index (κ3) is 3.39. The first-order chi connectivity index (χ1) is 17.8. The molecule has 0 saturated carbocycles. The highest BCUT2D eigenvalue weighted by atomic mass is 15.3. The lowest BCUT2D eigenvalue weighted by Crippen LogP contribution is -1.99. The van der Waals surface area contributed by atoms with Gasteiger partial charge in [0.2, 0.25) is 0 Å². The molecular weight excluding hydrogens is 440 g/mol. The van der Waals surface area contributed by atoms with E-state index >= 15 is 0 Å². The Bertz CT molecular complexity index is 1770. The Balaban J connectivity index is 1.26. The highest BCUT2D eigenvalue weighted by molar-refractivity contribution is 6.07. The predicted molar refractivity (Wildman–Crippen MR) is 147 cm³/mol. The molecule has 0 atom stereocenters. The van der Waals surface area contributed by atoms with Crippen LogP contribution in [0.2, 0.25) is 0 Å². The molecule has 3 heterocycles. The minimum absolute atomic E-state index is 0.954. The number of para-hydroxylation sites is 1. The highest BCUT2D eigenvalue weighted by Gasteiger charge is 2.13. The molecule has 7 aromatic rings. The maximum Gasteiger partial charge on any atom is 0.145 e. The first-order valence-electron chi connectivity index (χ1n) is 12.0. The molecule has 170 valence electrons. The molecule has 0 N–H and O–H groups in total. The molecule has 0 aliphatic rings. The molecule has 4 heteroatoms. The van der Waals surface area contributed by atoms with Gasteiger partial charge in [-0.2, -0.15) is 5.10 Å². The Labute approximate surface area is 208 Å². The van der Waals surface area contributed by atoms with E-state index in [1.54, 1.807) is 0 Å². The number of fused-ring (bicyclic) bond motifs is 3. The normalized spacial score (nSPS) is 11.3. The molecule has 0 spiro atoms. The highest BCUT2D eigenvalue weighted by Crippen LogP contribution is 2.31. The summed E-state index contributed by atoms with van der Waals surface area (Å²) in [5.41, 5.74) is 8.80. The average Bonchev–Trinajstić information content (AvgIpc) is 3.58. The molecular formula is C32H22N4. The van der Waals surface area contributed by atoms with Crippen LogP contribution in [0.1, 0.15) is 0 Å². The summed E-state index contributed by atoms with van der Waals surface area (Å²) in [6.45, 7) is 0. The van der Waals surface area contributed by atoms with Gasteiger partial charge in [0.25, 0.3) is 0 Å². The van der Waals surface area contributed by atoms with Gasteiger partial charge in [-0.05, 0) is 53.1 Å². The van der Waals surface area contributed by atoms with Crippen molar-refractivity contribution in [3.8, 4) is 33.6 Å².